The fraction of sp³-hybridized carbons (Fsp3) is 0.355. The number of aromatic nitrogens is 3. The lowest BCUT2D eigenvalue weighted by molar-refractivity contribution is -0.120. The highest BCUT2D eigenvalue weighted by Gasteiger charge is 2.31. The molecule has 4 aromatic rings. The second-order valence-corrected chi connectivity index (χ2v) is 13.4. The van der Waals surface area contributed by atoms with Gasteiger partial charge in [-0.3, -0.25) is 9.59 Å². The average Bonchev–Trinajstić information content (AvgIpc) is 2.98. The van der Waals surface area contributed by atoms with Crippen molar-refractivity contribution in [3.63, 3.8) is 0 Å². The summed E-state index contributed by atoms with van der Waals surface area (Å²) in [7, 11) is 0.227. The van der Waals surface area contributed by atoms with E-state index in [0.717, 1.165) is 6.26 Å². The van der Waals surface area contributed by atoms with Crippen LogP contribution in [0.25, 0.3) is 16.7 Å². The maximum atomic E-state index is 14.2. The van der Waals surface area contributed by atoms with Crippen LogP contribution in [0.15, 0.2) is 65.6 Å². The zero-order chi connectivity index (χ0) is 32.7. The van der Waals surface area contributed by atoms with Gasteiger partial charge < -0.3 is 14.5 Å². The average molecular weight is 676 g/mol. The molecule has 4 rings (SSSR count). The largest absolute Gasteiger partial charge is 0.494 e. The summed E-state index contributed by atoms with van der Waals surface area (Å²) in [5, 5.41) is 0.988. The van der Waals surface area contributed by atoms with Crippen LogP contribution in [-0.2, 0) is 21.2 Å². The maximum Gasteiger partial charge on any atom is 0.269 e. The van der Waals surface area contributed by atoms with Crippen molar-refractivity contribution >= 4 is 56.0 Å². The van der Waals surface area contributed by atoms with E-state index in [1.165, 1.54) is 10.8 Å². The first-order valence-electron chi connectivity index (χ1n) is 14.3. The summed E-state index contributed by atoms with van der Waals surface area (Å²) in [5.74, 6) is 0.598. The molecule has 0 amide bonds. The Hall–Kier alpha value is -3.55. The van der Waals surface area contributed by atoms with Gasteiger partial charge in [0.05, 0.1) is 40.0 Å². The van der Waals surface area contributed by atoms with Crippen LogP contribution in [0.2, 0.25) is 10.0 Å². The van der Waals surface area contributed by atoms with E-state index in [0.29, 0.717) is 46.6 Å². The van der Waals surface area contributed by atoms with E-state index in [-0.39, 0.29) is 42.3 Å². The highest BCUT2D eigenvalue weighted by molar-refractivity contribution is 7.88. The molecule has 0 spiro atoms. The molecule has 0 saturated heterocycles. The van der Waals surface area contributed by atoms with Gasteiger partial charge in [0, 0.05) is 25.7 Å². The number of Topliss-reactive ketones (excluding diaryl/α,β-unsaturated/α-hetero) is 1. The predicted octanol–water partition coefficient (Wildman–Crippen LogP) is 3.97. The van der Waals surface area contributed by atoms with Gasteiger partial charge in [-0.1, -0.05) is 29.3 Å². The molecule has 2 aromatic carbocycles. The normalized spacial score (nSPS) is 12.4. The minimum atomic E-state index is -3.56. The van der Waals surface area contributed by atoms with E-state index in [4.69, 9.17) is 32.9 Å². The van der Waals surface area contributed by atoms with E-state index >= 15 is 0 Å². The summed E-state index contributed by atoms with van der Waals surface area (Å²) in [4.78, 5) is 41.1. The summed E-state index contributed by atoms with van der Waals surface area (Å²) in [6.07, 6.45) is 2.97. The number of carbonyl (C=O) groups excluding carboxylic acids is 1. The SMILES string of the molecule is CCOc1ccc(-n2c(N(CCNS(C)(=O)=O)C(CCN(C)C)C(=O)Cc3ccc(Cl)c(Cl)c3)nc3ncccc3c2=O)cc1. The number of sulfonamides is 1. The first-order valence-corrected chi connectivity index (χ1v) is 17.0. The van der Waals surface area contributed by atoms with Gasteiger partial charge in [0.15, 0.2) is 11.4 Å². The topological polar surface area (TPSA) is 127 Å². The Labute approximate surface area is 272 Å². The molecule has 1 atom stereocenters. The van der Waals surface area contributed by atoms with E-state index in [1.807, 2.05) is 25.9 Å². The van der Waals surface area contributed by atoms with Crippen molar-refractivity contribution in [2.45, 2.75) is 25.8 Å². The molecule has 0 saturated carbocycles. The standard InChI is InChI=1S/C31H36Cl2N6O5S/c1-5-44-23-11-9-22(10-12-23)39-30(41)24-7-6-15-34-29(24)36-31(39)38(18-16-35-45(4,42)43)27(14-17-37(2)3)28(40)20-21-8-13-25(32)26(33)19-21/h6-13,15,19,27,35H,5,14,16-18,20H2,1-4H3. The molecule has 1 unspecified atom stereocenters. The van der Waals surface area contributed by atoms with Crippen molar-refractivity contribution in [3.05, 3.63) is 86.8 Å². The number of nitrogens with zero attached hydrogens (tertiary/aromatic N) is 5. The summed E-state index contributed by atoms with van der Waals surface area (Å²) in [6.45, 7) is 2.86. The Kier molecular flexibility index (Phi) is 11.6. The fourth-order valence-corrected chi connectivity index (χ4v) is 5.66. The fourth-order valence-electron chi connectivity index (χ4n) is 4.88. The first kappa shape index (κ1) is 34.3. The number of benzene rings is 2. The number of rotatable bonds is 15. The lowest BCUT2D eigenvalue weighted by atomic mass is 9.99. The monoisotopic (exact) mass is 674 g/mol. The summed E-state index contributed by atoms with van der Waals surface area (Å²) >= 11 is 12.4. The van der Waals surface area contributed by atoms with E-state index in [1.54, 1.807) is 59.5 Å². The predicted molar refractivity (Wildman–Crippen MR) is 179 cm³/mol. The molecule has 1 N–H and O–H groups in total. The number of hydrogen-bond acceptors (Lipinski definition) is 9. The van der Waals surface area contributed by atoms with Crippen LogP contribution < -0.4 is 19.9 Å². The minimum Gasteiger partial charge on any atom is -0.494 e. The van der Waals surface area contributed by atoms with Gasteiger partial charge in [-0.15, -0.1) is 0 Å². The van der Waals surface area contributed by atoms with Crippen molar-refractivity contribution in [3.8, 4) is 11.4 Å². The third kappa shape index (κ3) is 9.01. The van der Waals surface area contributed by atoms with Crippen LogP contribution >= 0.6 is 23.2 Å². The molecule has 11 nitrogen and oxygen atoms in total. The lowest BCUT2D eigenvalue weighted by Crippen LogP contribution is -2.49. The summed E-state index contributed by atoms with van der Waals surface area (Å²) in [5.41, 5.74) is 0.956. The number of fused-ring (bicyclic) bond motifs is 1. The maximum absolute atomic E-state index is 14.2. The van der Waals surface area contributed by atoms with Gasteiger partial charge in [0.1, 0.15) is 5.75 Å². The van der Waals surface area contributed by atoms with Crippen molar-refractivity contribution < 1.29 is 17.9 Å². The molecule has 240 valence electrons. The zero-order valence-electron chi connectivity index (χ0n) is 25.5. The number of halogens is 2. The number of ether oxygens (including phenoxy) is 1. The van der Waals surface area contributed by atoms with E-state index in [9.17, 15) is 18.0 Å². The molecule has 14 heteroatoms. The Morgan fingerprint density at radius 1 is 1.07 bits per heavy atom. The lowest BCUT2D eigenvalue weighted by Gasteiger charge is -2.34. The number of anilines is 1. The number of nitrogens with one attached hydrogen (secondary N) is 1. The smallest absolute Gasteiger partial charge is 0.269 e. The Morgan fingerprint density at radius 2 is 1.80 bits per heavy atom. The van der Waals surface area contributed by atoms with Gasteiger partial charge >= 0.3 is 0 Å². The van der Waals surface area contributed by atoms with Gasteiger partial charge in [-0.25, -0.2) is 22.7 Å². The van der Waals surface area contributed by atoms with Crippen LogP contribution in [0, 0.1) is 0 Å². The van der Waals surface area contributed by atoms with Gasteiger partial charge in [-0.2, -0.15) is 4.98 Å². The second kappa shape index (κ2) is 15.2. The van der Waals surface area contributed by atoms with Crippen LogP contribution in [0.3, 0.4) is 0 Å². The molecular formula is C31H36Cl2N6O5S. The molecule has 0 aliphatic carbocycles. The van der Waals surface area contributed by atoms with Crippen LogP contribution in [-0.4, -0.2) is 86.3 Å². The van der Waals surface area contributed by atoms with Crippen LogP contribution in [0.1, 0.15) is 18.9 Å². The minimum absolute atomic E-state index is 0.0180. The van der Waals surface area contributed by atoms with Crippen LogP contribution in [0.5, 0.6) is 5.75 Å². The first-order chi connectivity index (χ1) is 21.4. The Bertz CT molecular complexity index is 1820. The number of hydrogen-bond donors (Lipinski definition) is 1. The molecule has 0 bridgehead atoms. The van der Waals surface area contributed by atoms with E-state index < -0.39 is 21.6 Å². The zero-order valence-corrected chi connectivity index (χ0v) is 27.9. The molecule has 0 radical (unpaired) electrons. The molecule has 2 aromatic heterocycles. The number of carbonyl (C=O) groups is 1. The van der Waals surface area contributed by atoms with Crippen molar-refractivity contribution in [1.29, 1.82) is 0 Å². The second-order valence-electron chi connectivity index (χ2n) is 10.7. The summed E-state index contributed by atoms with van der Waals surface area (Å²) < 4.78 is 33.6. The van der Waals surface area contributed by atoms with Crippen LogP contribution in [0.4, 0.5) is 5.95 Å². The molecule has 45 heavy (non-hydrogen) atoms. The quantitative estimate of drug-likeness (QED) is 0.199. The molecule has 2 heterocycles. The van der Waals surface area contributed by atoms with Gasteiger partial charge in [0.25, 0.3) is 5.56 Å². The summed E-state index contributed by atoms with van der Waals surface area (Å²) in [6, 6.07) is 14.5. The highest BCUT2D eigenvalue weighted by Crippen LogP contribution is 2.26. The van der Waals surface area contributed by atoms with Gasteiger partial charge in [0.2, 0.25) is 16.0 Å². The van der Waals surface area contributed by atoms with Gasteiger partial charge in [-0.05, 0) is 88.1 Å². The molecule has 0 aliphatic rings. The molecule has 0 aliphatic heterocycles. The Balaban J connectivity index is 1.91. The Morgan fingerprint density at radius 3 is 2.44 bits per heavy atom. The number of ketones is 1. The van der Waals surface area contributed by atoms with Crippen molar-refractivity contribution in [2.24, 2.45) is 0 Å². The number of pyridine rings is 1. The van der Waals surface area contributed by atoms with E-state index in [2.05, 4.69) is 9.71 Å². The van der Waals surface area contributed by atoms with Crippen molar-refractivity contribution in [1.82, 2.24) is 24.2 Å². The molecular weight excluding hydrogens is 639 g/mol. The highest BCUT2D eigenvalue weighted by atomic mass is 35.5. The third-order valence-corrected chi connectivity index (χ3v) is 8.43. The third-order valence-electron chi connectivity index (χ3n) is 6.97. The van der Waals surface area contributed by atoms with Crippen molar-refractivity contribution in [2.75, 3.05) is 51.5 Å². The molecule has 0 fully saturated rings.